The summed E-state index contributed by atoms with van der Waals surface area (Å²) in [4.78, 5) is 13.6. The third-order valence-corrected chi connectivity index (χ3v) is 3.66. The molecule has 0 amide bonds. The molecule has 0 spiro atoms. The lowest BCUT2D eigenvalue weighted by atomic mass is 10.0. The molecule has 1 heterocycles. The maximum absolute atomic E-state index is 11.4. The molecule has 1 aromatic rings. The molecule has 20 heavy (non-hydrogen) atoms. The van der Waals surface area contributed by atoms with Gasteiger partial charge in [0.05, 0.1) is 17.4 Å². The first-order valence-electron chi connectivity index (χ1n) is 7.32. The van der Waals surface area contributed by atoms with E-state index in [1.807, 2.05) is 19.1 Å². The van der Waals surface area contributed by atoms with Crippen molar-refractivity contribution in [1.82, 2.24) is 0 Å². The minimum atomic E-state index is -0.861. The van der Waals surface area contributed by atoms with Crippen molar-refractivity contribution in [3.05, 3.63) is 29.3 Å². The van der Waals surface area contributed by atoms with Gasteiger partial charge in [-0.3, -0.25) is 0 Å². The van der Waals surface area contributed by atoms with Crippen LogP contribution in [0.4, 0.5) is 5.69 Å². The van der Waals surface area contributed by atoms with Gasteiger partial charge in [-0.05, 0) is 38.3 Å². The van der Waals surface area contributed by atoms with Crippen molar-refractivity contribution in [2.24, 2.45) is 0 Å². The van der Waals surface area contributed by atoms with E-state index in [1.165, 1.54) is 0 Å². The molecular weight excluding hydrogens is 254 g/mol. The Bertz CT molecular complexity index is 473. The predicted octanol–water partition coefficient (Wildman–Crippen LogP) is 3.09. The molecule has 2 rings (SSSR count). The van der Waals surface area contributed by atoms with Gasteiger partial charge in [-0.15, -0.1) is 0 Å². The number of ether oxygens (including phenoxy) is 1. The van der Waals surface area contributed by atoms with E-state index in [-0.39, 0.29) is 6.10 Å². The maximum atomic E-state index is 11.4. The first-order valence-corrected chi connectivity index (χ1v) is 7.32. The van der Waals surface area contributed by atoms with Crippen LogP contribution in [-0.2, 0) is 4.74 Å². The van der Waals surface area contributed by atoms with Crippen LogP contribution in [0.1, 0.15) is 42.1 Å². The summed E-state index contributed by atoms with van der Waals surface area (Å²) < 4.78 is 5.82. The summed E-state index contributed by atoms with van der Waals surface area (Å²) in [6, 6.07) is 5.63. The van der Waals surface area contributed by atoms with Crippen LogP contribution in [0.3, 0.4) is 0 Å². The molecule has 4 nitrogen and oxygen atoms in total. The van der Waals surface area contributed by atoms with Crippen molar-refractivity contribution in [2.45, 2.75) is 39.2 Å². The lowest BCUT2D eigenvalue weighted by Gasteiger charge is -2.35. The Kier molecular flexibility index (Phi) is 5.01. The van der Waals surface area contributed by atoms with Gasteiger partial charge >= 0.3 is 5.97 Å². The van der Waals surface area contributed by atoms with Crippen LogP contribution in [0.15, 0.2) is 18.2 Å². The molecule has 1 N–H and O–H groups in total. The van der Waals surface area contributed by atoms with Gasteiger partial charge in [0.2, 0.25) is 0 Å². The van der Waals surface area contributed by atoms with Gasteiger partial charge in [-0.1, -0.05) is 18.6 Å². The number of anilines is 1. The number of hydrogen-bond donors (Lipinski definition) is 1. The third-order valence-electron chi connectivity index (χ3n) is 3.66. The van der Waals surface area contributed by atoms with Crippen molar-refractivity contribution in [3.8, 4) is 0 Å². The fourth-order valence-corrected chi connectivity index (χ4v) is 2.67. The van der Waals surface area contributed by atoms with Crippen LogP contribution >= 0.6 is 0 Å². The van der Waals surface area contributed by atoms with E-state index in [4.69, 9.17) is 4.74 Å². The molecule has 0 saturated carbocycles. The number of piperidine rings is 1. The van der Waals surface area contributed by atoms with Crippen molar-refractivity contribution in [2.75, 3.05) is 24.6 Å². The summed E-state index contributed by atoms with van der Waals surface area (Å²) in [7, 11) is 0. The van der Waals surface area contributed by atoms with E-state index in [9.17, 15) is 9.90 Å². The van der Waals surface area contributed by atoms with E-state index in [2.05, 4.69) is 11.8 Å². The second kappa shape index (κ2) is 6.75. The zero-order valence-electron chi connectivity index (χ0n) is 12.3. The lowest BCUT2D eigenvalue weighted by molar-refractivity contribution is 0.0439. The highest BCUT2D eigenvalue weighted by Crippen LogP contribution is 2.26. The monoisotopic (exact) mass is 277 g/mol. The van der Waals surface area contributed by atoms with Crippen LogP contribution in [0.2, 0.25) is 0 Å². The van der Waals surface area contributed by atoms with Crippen LogP contribution in [0.25, 0.3) is 0 Å². The summed E-state index contributed by atoms with van der Waals surface area (Å²) in [5.41, 5.74) is 2.18. The fraction of sp³-hybridized carbons (Fsp3) is 0.562. The molecule has 0 radical (unpaired) electrons. The Morgan fingerprint density at radius 1 is 1.50 bits per heavy atom. The molecule has 1 aliphatic heterocycles. The number of rotatable bonds is 5. The standard InChI is InChI=1S/C16H23NO3/c1-3-9-20-13-5-4-8-17(11-13)15-7-6-12(2)10-14(15)16(18)19/h6-7,10,13H,3-5,8-9,11H2,1-2H3,(H,18,19). The number of aryl methyl sites for hydroxylation is 1. The number of nitrogens with zero attached hydrogens (tertiary/aromatic N) is 1. The summed E-state index contributed by atoms with van der Waals surface area (Å²) in [6.45, 7) is 6.47. The molecule has 1 aromatic carbocycles. The minimum Gasteiger partial charge on any atom is -0.478 e. The number of carboxylic acids is 1. The van der Waals surface area contributed by atoms with Gasteiger partial charge < -0.3 is 14.7 Å². The van der Waals surface area contributed by atoms with E-state index in [1.54, 1.807) is 6.07 Å². The molecule has 4 heteroatoms. The Hall–Kier alpha value is -1.55. The number of aromatic carboxylic acids is 1. The average Bonchev–Trinajstić information content (AvgIpc) is 2.45. The third kappa shape index (κ3) is 3.51. The summed E-state index contributed by atoms with van der Waals surface area (Å²) in [5, 5.41) is 9.37. The van der Waals surface area contributed by atoms with Crippen molar-refractivity contribution in [1.29, 1.82) is 0 Å². The zero-order valence-corrected chi connectivity index (χ0v) is 12.3. The van der Waals surface area contributed by atoms with Gasteiger partial charge in [-0.25, -0.2) is 4.79 Å². The number of benzene rings is 1. The highest BCUT2D eigenvalue weighted by molar-refractivity contribution is 5.94. The zero-order chi connectivity index (χ0) is 14.5. The van der Waals surface area contributed by atoms with Crippen LogP contribution in [-0.4, -0.2) is 36.9 Å². The first kappa shape index (κ1) is 14.9. The molecule has 110 valence electrons. The quantitative estimate of drug-likeness (QED) is 0.898. The van der Waals surface area contributed by atoms with Gasteiger partial charge in [0.15, 0.2) is 0 Å². The lowest BCUT2D eigenvalue weighted by Crippen LogP contribution is -2.40. The minimum absolute atomic E-state index is 0.214. The SMILES string of the molecule is CCCOC1CCCN(c2ccc(C)cc2C(=O)O)C1. The Balaban J connectivity index is 2.16. The van der Waals surface area contributed by atoms with Crippen LogP contribution < -0.4 is 4.90 Å². The van der Waals surface area contributed by atoms with Crippen LogP contribution in [0, 0.1) is 6.92 Å². The van der Waals surface area contributed by atoms with Gasteiger partial charge in [0.1, 0.15) is 0 Å². The van der Waals surface area contributed by atoms with Gasteiger partial charge in [-0.2, -0.15) is 0 Å². The van der Waals surface area contributed by atoms with E-state index < -0.39 is 5.97 Å². The smallest absolute Gasteiger partial charge is 0.337 e. The number of carbonyl (C=O) groups is 1. The van der Waals surface area contributed by atoms with E-state index >= 15 is 0 Å². The molecule has 0 bridgehead atoms. The molecule has 1 aliphatic rings. The van der Waals surface area contributed by atoms with E-state index in [0.29, 0.717) is 5.56 Å². The molecular formula is C16H23NO3. The number of hydrogen-bond acceptors (Lipinski definition) is 3. The second-order valence-corrected chi connectivity index (χ2v) is 5.41. The van der Waals surface area contributed by atoms with Crippen molar-refractivity contribution < 1.29 is 14.6 Å². The van der Waals surface area contributed by atoms with Crippen LogP contribution in [0.5, 0.6) is 0 Å². The summed E-state index contributed by atoms with van der Waals surface area (Å²) in [6.07, 6.45) is 3.33. The predicted molar refractivity (Wildman–Crippen MR) is 79.6 cm³/mol. The molecule has 1 fully saturated rings. The average molecular weight is 277 g/mol. The van der Waals surface area contributed by atoms with Crippen molar-refractivity contribution >= 4 is 11.7 Å². The molecule has 0 aliphatic carbocycles. The van der Waals surface area contributed by atoms with Crippen molar-refractivity contribution in [3.63, 3.8) is 0 Å². The summed E-state index contributed by atoms with van der Waals surface area (Å²) >= 11 is 0. The fourth-order valence-electron chi connectivity index (χ4n) is 2.67. The van der Waals surface area contributed by atoms with E-state index in [0.717, 1.165) is 50.2 Å². The Morgan fingerprint density at radius 3 is 3.00 bits per heavy atom. The number of carboxylic acid groups (broad SMARTS) is 1. The first-order chi connectivity index (χ1) is 9.61. The Labute approximate surface area is 120 Å². The largest absolute Gasteiger partial charge is 0.478 e. The Morgan fingerprint density at radius 2 is 2.30 bits per heavy atom. The molecule has 1 atom stereocenters. The highest BCUT2D eigenvalue weighted by atomic mass is 16.5. The normalized spacial score (nSPS) is 19.1. The molecule has 1 saturated heterocycles. The second-order valence-electron chi connectivity index (χ2n) is 5.41. The molecule has 1 unspecified atom stereocenters. The summed E-state index contributed by atoms with van der Waals surface area (Å²) in [5.74, 6) is -0.861. The highest BCUT2D eigenvalue weighted by Gasteiger charge is 2.23. The maximum Gasteiger partial charge on any atom is 0.337 e. The van der Waals surface area contributed by atoms with Gasteiger partial charge in [0, 0.05) is 19.7 Å². The topological polar surface area (TPSA) is 49.8 Å². The van der Waals surface area contributed by atoms with Gasteiger partial charge in [0.25, 0.3) is 0 Å². The molecule has 0 aromatic heterocycles.